The number of fused-ring (bicyclic) bond motifs is 2. The van der Waals surface area contributed by atoms with E-state index in [1.165, 1.54) is 21.8 Å². The smallest absolute Gasteiger partial charge is 0.280 e. The molecular weight excluding hydrogens is 612 g/mol. The molecule has 7 rings (SSSR count). The predicted octanol–water partition coefficient (Wildman–Crippen LogP) is -3.95. The van der Waals surface area contributed by atoms with E-state index in [-0.39, 0.29) is 52.1 Å². The fourth-order valence-corrected chi connectivity index (χ4v) is 5.96. The Bertz CT molecular complexity index is 2160. The SMILES string of the molecule is C[C@H]1[C@@H](O)[C@H](n2cnc3c(=O)[nH]c(N)nc32)O[C@@H]1CNc1c(N[C@H]2[C@@H](O)[C@H](n3cnc4c(=O)[nH]c(N)nc43)O[C@@H]2CO)c(=O)c1=O. The molecule has 6 heterocycles. The number of hydrogen-bond acceptors (Lipinski definition) is 17. The highest BCUT2D eigenvalue weighted by atomic mass is 16.5. The lowest BCUT2D eigenvalue weighted by Crippen LogP contribution is -2.46. The molecule has 2 aliphatic rings. The van der Waals surface area contributed by atoms with Gasteiger partial charge in [-0.05, 0) is 0 Å². The van der Waals surface area contributed by atoms with Crippen molar-refractivity contribution in [3.63, 3.8) is 0 Å². The molecule has 2 saturated heterocycles. The number of nitrogens with zero attached hydrogens (tertiary/aromatic N) is 6. The molecule has 5 aromatic rings. The molecule has 2 aliphatic heterocycles. The molecule has 0 bridgehead atoms. The van der Waals surface area contributed by atoms with E-state index in [4.69, 9.17) is 20.9 Å². The fourth-order valence-electron chi connectivity index (χ4n) is 5.96. The Morgan fingerprint density at radius 1 is 0.848 bits per heavy atom. The van der Waals surface area contributed by atoms with E-state index >= 15 is 0 Å². The molecule has 242 valence electrons. The topological polar surface area (TPSA) is 317 Å². The van der Waals surface area contributed by atoms with Crippen molar-refractivity contribution in [3.05, 3.63) is 53.8 Å². The van der Waals surface area contributed by atoms with Gasteiger partial charge in [0.1, 0.15) is 29.7 Å². The summed E-state index contributed by atoms with van der Waals surface area (Å²) in [4.78, 5) is 70.5. The molecule has 0 saturated carbocycles. The van der Waals surface area contributed by atoms with Gasteiger partial charge in [0, 0.05) is 12.5 Å². The first-order valence-corrected chi connectivity index (χ1v) is 14.0. The number of imidazole rings is 2. The van der Waals surface area contributed by atoms with Crippen LogP contribution >= 0.6 is 0 Å². The van der Waals surface area contributed by atoms with Gasteiger partial charge in [0.25, 0.3) is 22.0 Å². The molecule has 0 aliphatic carbocycles. The summed E-state index contributed by atoms with van der Waals surface area (Å²) in [6, 6.07) is -1.08. The van der Waals surface area contributed by atoms with Crippen molar-refractivity contribution in [2.45, 2.75) is 49.8 Å². The molecule has 0 spiro atoms. The standard InChI is InChI=1S/C25H28N12O9/c1-6-7(45-22(14(6)39)36-4-29-12-18(36)32-24(26)34-20(12)43)2-28-10-11(16(41)15(10)40)31-9-8(3-38)46-23(17(9)42)37-5-30-13-19(37)33-25(27)35-21(13)44/h4-9,14,17,22-23,28,31,38-39,42H,2-3H2,1H3,(H3,26,32,34,43)(H3,27,33,35,44)/t6-,7-,8-,9-,14-,17-,22-,23-/m1/s1. The maximum Gasteiger partial charge on any atom is 0.280 e. The Kier molecular flexibility index (Phi) is 6.86. The number of nitrogens with one attached hydrogen (secondary N) is 4. The van der Waals surface area contributed by atoms with Crippen LogP contribution in [0.15, 0.2) is 31.8 Å². The molecular formula is C25H28N12O9. The second-order valence-electron chi connectivity index (χ2n) is 11.2. The molecule has 21 nitrogen and oxygen atoms in total. The first-order valence-electron chi connectivity index (χ1n) is 14.0. The van der Waals surface area contributed by atoms with Crippen molar-refractivity contribution >= 4 is 45.6 Å². The number of rotatable bonds is 8. The second kappa shape index (κ2) is 10.7. The molecule has 46 heavy (non-hydrogen) atoms. The van der Waals surface area contributed by atoms with Crippen LogP contribution in [0.5, 0.6) is 0 Å². The number of aliphatic hydroxyl groups is 3. The number of nitrogen functional groups attached to an aromatic ring is 2. The molecule has 1 aromatic carbocycles. The minimum atomic E-state index is -1.41. The largest absolute Gasteiger partial charge is 0.394 e. The Balaban J connectivity index is 1.08. The zero-order chi connectivity index (χ0) is 32.6. The molecule has 0 unspecified atom stereocenters. The maximum absolute atomic E-state index is 12.6. The molecule has 2 fully saturated rings. The van der Waals surface area contributed by atoms with Gasteiger partial charge < -0.3 is 46.9 Å². The van der Waals surface area contributed by atoms with E-state index in [2.05, 4.69) is 40.5 Å². The van der Waals surface area contributed by atoms with E-state index < -0.39 is 77.4 Å². The summed E-state index contributed by atoms with van der Waals surface area (Å²) < 4.78 is 14.6. The summed E-state index contributed by atoms with van der Waals surface area (Å²) in [6.45, 7) is 1.13. The Hall–Kier alpha value is -5.22. The third-order valence-corrected chi connectivity index (χ3v) is 8.44. The minimum absolute atomic E-state index is 0.00968. The highest BCUT2D eigenvalue weighted by Crippen LogP contribution is 2.36. The third kappa shape index (κ3) is 4.43. The lowest BCUT2D eigenvalue weighted by molar-refractivity contribution is -0.0487. The van der Waals surface area contributed by atoms with Crippen molar-refractivity contribution in [1.29, 1.82) is 0 Å². The molecule has 4 aromatic heterocycles. The fraction of sp³-hybridized carbons (Fsp3) is 0.440. The van der Waals surface area contributed by atoms with Crippen LogP contribution in [0.4, 0.5) is 23.3 Å². The van der Waals surface area contributed by atoms with Gasteiger partial charge in [0.2, 0.25) is 11.9 Å². The lowest BCUT2D eigenvalue weighted by Gasteiger charge is -2.25. The zero-order valence-corrected chi connectivity index (χ0v) is 23.8. The second-order valence-corrected chi connectivity index (χ2v) is 11.2. The summed E-state index contributed by atoms with van der Waals surface area (Å²) in [5.74, 6) is -0.809. The number of aromatic nitrogens is 8. The van der Waals surface area contributed by atoms with Crippen molar-refractivity contribution in [1.82, 2.24) is 39.0 Å². The Morgan fingerprint density at radius 3 is 1.93 bits per heavy atom. The summed E-state index contributed by atoms with van der Waals surface area (Å²) in [5, 5.41) is 37.9. The highest BCUT2D eigenvalue weighted by Gasteiger charge is 2.47. The van der Waals surface area contributed by atoms with E-state index in [1.54, 1.807) is 6.92 Å². The number of aliphatic hydroxyl groups excluding tert-OH is 3. The van der Waals surface area contributed by atoms with Gasteiger partial charge in [-0.2, -0.15) is 9.97 Å². The summed E-state index contributed by atoms with van der Waals surface area (Å²) in [6.07, 6.45) is -3.86. The van der Waals surface area contributed by atoms with Crippen LogP contribution in [0, 0.1) is 5.92 Å². The van der Waals surface area contributed by atoms with E-state index in [9.17, 15) is 34.5 Å². The first kappa shape index (κ1) is 29.5. The van der Waals surface area contributed by atoms with Gasteiger partial charge in [0.05, 0.1) is 31.4 Å². The minimum Gasteiger partial charge on any atom is -0.394 e. The van der Waals surface area contributed by atoms with Gasteiger partial charge in [-0.3, -0.25) is 38.3 Å². The number of aromatic amines is 2. The van der Waals surface area contributed by atoms with E-state index in [0.717, 1.165) is 0 Å². The van der Waals surface area contributed by atoms with Crippen LogP contribution in [0.3, 0.4) is 0 Å². The normalized spacial score (nSPS) is 28.1. The summed E-state index contributed by atoms with van der Waals surface area (Å²) >= 11 is 0. The number of anilines is 4. The first-order chi connectivity index (χ1) is 22.0. The predicted molar refractivity (Wildman–Crippen MR) is 158 cm³/mol. The average molecular weight is 641 g/mol. The number of ether oxygens (including phenoxy) is 2. The van der Waals surface area contributed by atoms with Crippen molar-refractivity contribution in [2.75, 3.05) is 35.3 Å². The lowest BCUT2D eigenvalue weighted by atomic mass is 10.00. The quantitative estimate of drug-likeness (QED) is 0.0731. The average Bonchev–Trinajstić information content (AvgIpc) is 3.77. The zero-order valence-electron chi connectivity index (χ0n) is 23.8. The van der Waals surface area contributed by atoms with Crippen LogP contribution in [0.1, 0.15) is 19.4 Å². The third-order valence-electron chi connectivity index (χ3n) is 8.44. The van der Waals surface area contributed by atoms with Gasteiger partial charge in [0.15, 0.2) is 34.8 Å². The Labute approximate surface area is 254 Å². The number of hydrogen-bond donors (Lipinski definition) is 9. The van der Waals surface area contributed by atoms with Gasteiger partial charge in [-0.15, -0.1) is 0 Å². The highest BCUT2D eigenvalue weighted by molar-refractivity contribution is 5.75. The van der Waals surface area contributed by atoms with Crippen LogP contribution in [0.2, 0.25) is 0 Å². The van der Waals surface area contributed by atoms with E-state index in [0.29, 0.717) is 0 Å². The number of H-pyrrole nitrogens is 2. The van der Waals surface area contributed by atoms with Crippen LogP contribution in [-0.4, -0.2) is 98.0 Å². The molecule has 0 radical (unpaired) electrons. The summed E-state index contributed by atoms with van der Waals surface area (Å²) in [7, 11) is 0. The van der Waals surface area contributed by atoms with Crippen molar-refractivity contribution < 1.29 is 24.8 Å². The van der Waals surface area contributed by atoms with E-state index in [1.807, 2.05) is 0 Å². The van der Waals surface area contributed by atoms with Crippen molar-refractivity contribution in [3.8, 4) is 0 Å². The van der Waals surface area contributed by atoms with Crippen LogP contribution in [-0.2, 0) is 9.47 Å². The maximum atomic E-state index is 12.6. The van der Waals surface area contributed by atoms with Gasteiger partial charge in [-0.1, -0.05) is 6.92 Å². The monoisotopic (exact) mass is 640 g/mol. The molecule has 11 N–H and O–H groups in total. The Morgan fingerprint density at radius 2 is 1.37 bits per heavy atom. The number of nitrogens with two attached hydrogens (primary N) is 2. The summed E-state index contributed by atoms with van der Waals surface area (Å²) in [5.41, 5.74) is 8.37. The molecule has 21 heteroatoms. The van der Waals surface area contributed by atoms with Gasteiger partial charge >= 0.3 is 0 Å². The molecule has 0 amide bonds. The van der Waals surface area contributed by atoms with Crippen LogP contribution in [0.25, 0.3) is 22.3 Å². The van der Waals surface area contributed by atoms with Gasteiger partial charge in [-0.25, -0.2) is 9.97 Å². The van der Waals surface area contributed by atoms with Crippen molar-refractivity contribution in [2.24, 2.45) is 5.92 Å². The molecule has 8 atom stereocenters. The van der Waals surface area contributed by atoms with Crippen LogP contribution < -0.4 is 44.1 Å².